The number of hydrogen-bond acceptors (Lipinski definition) is 5. The maximum Gasteiger partial charge on any atom is 0.300 e. The molecule has 0 aliphatic carbocycles. The molecule has 9 heteroatoms. The largest absolute Gasteiger partial charge is 0.507 e. The van der Waals surface area contributed by atoms with Crippen molar-refractivity contribution >= 4 is 57.9 Å². The minimum atomic E-state index is -0.968. The SMILES string of the molecule is COc1c(Cl)cc(Cl)cc1/C(O)=C1\C(=O)C(=O)N(c2cccc(Cl)c2)C1c1cccnc1. The van der Waals surface area contributed by atoms with Gasteiger partial charge in [-0.3, -0.25) is 19.5 Å². The Bertz CT molecular complexity index is 1260. The number of aliphatic hydroxyl groups is 1. The Morgan fingerprint density at radius 1 is 1.06 bits per heavy atom. The van der Waals surface area contributed by atoms with Gasteiger partial charge in [-0.1, -0.05) is 46.9 Å². The summed E-state index contributed by atoms with van der Waals surface area (Å²) in [6.45, 7) is 0. The van der Waals surface area contributed by atoms with Gasteiger partial charge in [-0.2, -0.15) is 0 Å². The van der Waals surface area contributed by atoms with Crippen molar-refractivity contribution in [3.63, 3.8) is 0 Å². The van der Waals surface area contributed by atoms with E-state index in [1.807, 2.05) is 0 Å². The van der Waals surface area contributed by atoms with Gasteiger partial charge >= 0.3 is 0 Å². The van der Waals surface area contributed by atoms with E-state index in [1.54, 1.807) is 42.6 Å². The number of rotatable bonds is 4. The van der Waals surface area contributed by atoms with Crippen LogP contribution in [0.5, 0.6) is 5.75 Å². The van der Waals surface area contributed by atoms with E-state index in [2.05, 4.69) is 4.98 Å². The molecule has 2 aromatic carbocycles. The van der Waals surface area contributed by atoms with Crippen LogP contribution >= 0.6 is 34.8 Å². The molecule has 1 fully saturated rings. The van der Waals surface area contributed by atoms with E-state index in [0.717, 1.165) is 0 Å². The number of aromatic nitrogens is 1. The monoisotopic (exact) mass is 488 g/mol. The molecule has 0 spiro atoms. The lowest BCUT2D eigenvalue weighted by atomic mass is 9.95. The van der Waals surface area contributed by atoms with Gasteiger partial charge in [0, 0.05) is 28.1 Å². The number of Topliss-reactive ketones (excluding diaryl/α,β-unsaturated/α-hetero) is 1. The molecule has 2 heterocycles. The number of carbonyl (C=O) groups is 2. The van der Waals surface area contributed by atoms with Crippen LogP contribution < -0.4 is 9.64 Å². The lowest BCUT2D eigenvalue weighted by Gasteiger charge is -2.25. The van der Waals surface area contributed by atoms with Gasteiger partial charge in [0.2, 0.25) is 0 Å². The van der Waals surface area contributed by atoms with E-state index in [0.29, 0.717) is 16.3 Å². The van der Waals surface area contributed by atoms with Crippen LogP contribution in [0.3, 0.4) is 0 Å². The molecule has 3 aromatic rings. The van der Waals surface area contributed by atoms with Gasteiger partial charge < -0.3 is 9.84 Å². The first-order valence-corrected chi connectivity index (χ1v) is 10.5. The summed E-state index contributed by atoms with van der Waals surface area (Å²) >= 11 is 18.5. The zero-order valence-electron chi connectivity index (χ0n) is 16.6. The van der Waals surface area contributed by atoms with E-state index in [4.69, 9.17) is 39.5 Å². The number of aliphatic hydroxyl groups excluding tert-OH is 1. The smallest absolute Gasteiger partial charge is 0.300 e. The van der Waals surface area contributed by atoms with Crippen molar-refractivity contribution in [2.45, 2.75) is 6.04 Å². The number of nitrogens with zero attached hydrogens (tertiary/aromatic N) is 2. The number of ketones is 1. The highest BCUT2D eigenvalue weighted by molar-refractivity contribution is 6.52. The third-order valence-corrected chi connectivity index (χ3v) is 5.73. The quantitative estimate of drug-likeness (QED) is 0.290. The van der Waals surface area contributed by atoms with Crippen molar-refractivity contribution in [1.82, 2.24) is 4.98 Å². The van der Waals surface area contributed by atoms with E-state index in [9.17, 15) is 14.7 Å². The van der Waals surface area contributed by atoms with Crippen molar-refractivity contribution in [3.8, 4) is 5.75 Å². The molecule has 1 amide bonds. The van der Waals surface area contributed by atoms with Crippen molar-refractivity contribution in [1.29, 1.82) is 0 Å². The molecule has 4 rings (SSSR count). The lowest BCUT2D eigenvalue weighted by molar-refractivity contribution is -0.132. The third-order valence-electron chi connectivity index (χ3n) is 5.00. The predicted octanol–water partition coefficient (Wildman–Crippen LogP) is 5.68. The molecule has 1 aliphatic rings. The van der Waals surface area contributed by atoms with E-state index < -0.39 is 23.5 Å². The van der Waals surface area contributed by atoms with Gasteiger partial charge in [0.05, 0.1) is 29.3 Å². The van der Waals surface area contributed by atoms with Crippen LogP contribution in [0.4, 0.5) is 5.69 Å². The number of carbonyl (C=O) groups excluding carboxylic acids is 2. The summed E-state index contributed by atoms with van der Waals surface area (Å²) in [5.41, 5.74) is 0.839. The summed E-state index contributed by atoms with van der Waals surface area (Å²) in [7, 11) is 1.37. The molecule has 1 aliphatic heterocycles. The second-order valence-electron chi connectivity index (χ2n) is 6.90. The van der Waals surface area contributed by atoms with Gasteiger partial charge in [0.15, 0.2) is 0 Å². The van der Waals surface area contributed by atoms with Gasteiger partial charge in [0.1, 0.15) is 11.5 Å². The van der Waals surface area contributed by atoms with Crippen LogP contribution in [-0.4, -0.2) is 28.9 Å². The van der Waals surface area contributed by atoms with Gasteiger partial charge in [0.25, 0.3) is 11.7 Å². The topological polar surface area (TPSA) is 79.7 Å². The number of anilines is 1. The molecular formula is C23H15Cl3N2O4. The fourth-order valence-corrected chi connectivity index (χ4v) is 4.42. The highest BCUT2D eigenvalue weighted by Crippen LogP contribution is 2.45. The molecule has 1 atom stereocenters. The molecule has 32 heavy (non-hydrogen) atoms. The Labute approximate surface area is 198 Å². The van der Waals surface area contributed by atoms with Gasteiger partial charge in [-0.05, 0) is 42.0 Å². The summed E-state index contributed by atoms with van der Waals surface area (Å²) in [5, 5.41) is 12.0. The summed E-state index contributed by atoms with van der Waals surface area (Å²) in [5.74, 6) is -2.06. The summed E-state index contributed by atoms with van der Waals surface area (Å²) in [6, 6.07) is 11.8. The number of ether oxygens (including phenoxy) is 1. The van der Waals surface area contributed by atoms with Crippen molar-refractivity contribution < 1.29 is 19.4 Å². The minimum absolute atomic E-state index is 0.0861. The van der Waals surface area contributed by atoms with Gasteiger partial charge in [-0.15, -0.1) is 0 Å². The van der Waals surface area contributed by atoms with E-state index >= 15 is 0 Å². The Morgan fingerprint density at radius 3 is 2.50 bits per heavy atom. The molecule has 162 valence electrons. The van der Waals surface area contributed by atoms with Crippen LogP contribution in [0.15, 0.2) is 66.5 Å². The number of methoxy groups -OCH3 is 1. The lowest BCUT2D eigenvalue weighted by Crippen LogP contribution is -2.29. The molecule has 6 nitrogen and oxygen atoms in total. The third kappa shape index (κ3) is 3.81. The average Bonchev–Trinajstić information content (AvgIpc) is 3.04. The molecule has 1 unspecified atom stereocenters. The number of benzene rings is 2. The Balaban J connectivity index is 2.01. The molecular weight excluding hydrogens is 475 g/mol. The maximum absolute atomic E-state index is 13.2. The normalized spacial score (nSPS) is 17.6. The van der Waals surface area contributed by atoms with Gasteiger partial charge in [-0.25, -0.2) is 0 Å². The average molecular weight is 490 g/mol. The minimum Gasteiger partial charge on any atom is -0.507 e. The zero-order valence-corrected chi connectivity index (χ0v) is 18.8. The first-order chi connectivity index (χ1) is 15.3. The second-order valence-corrected chi connectivity index (χ2v) is 8.18. The fraction of sp³-hybridized carbons (Fsp3) is 0.0870. The summed E-state index contributed by atoms with van der Waals surface area (Å²) in [6.07, 6.45) is 3.08. The molecule has 1 saturated heterocycles. The summed E-state index contributed by atoms with van der Waals surface area (Å²) in [4.78, 5) is 31.7. The predicted molar refractivity (Wildman–Crippen MR) is 123 cm³/mol. The number of hydrogen-bond donors (Lipinski definition) is 1. The number of halogens is 3. The van der Waals surface area contributed by atoms with Crippen LogP contribution in [0.1, 0.15) is 17.2 Å². The molecule has 1 N–H and O–H groups in total. The fourth-order valence-electron chi connectivity index (χ4n) is 3.67. The maximum atomic E-state index is 13.2. The van der Waals surface area contributed by atoms with Crippen LogP contribution in [0.25, 0.3) is 5.76 Å². The zero-order chi connectivity index (χ0) is 23.0. The molecule has 0 saturated carbocycles. The first-order valence-electron chi connectivity index (χ1n) is 9.33. The Morgan fingerprint density at radius 2 is 1.84 bits per heavy atom. The Kier molecular flexibility index (Phi) is 6.11. The number of amides is 1. The Hall–Kier alpha value is -3.06. The van der Waals surface area contributed by atoms with Crippen LogP contribution in [0, 0.1) is 0 Å². The van der Waals surface area contributed by atoms with E-state index in [-0.39, 0.29) is 26.9 Å². The molecule has 1 aromatic heterocycles. The standard InChI is InChI=1S/C23H15Cl3N2O4/c1-32-22-16(9-14(25)10-17(22)26)20(29)18-19(12-4-3-7-27-11-12)28(23(31)21(18)30)15-6-2-5-13(24)8-15/h2-11,19,29H,1H3/b20-18+. The second kappa shape index (κ2) is 8.82. The highest BCUT2D eigenvalue weighted by atomic mass is 35.5. The first kappa shape index (κ1) is 22.1. The van der Waals surface area contributed by atoms with Crippen LogP contribution in [0.2, 0.25) is 15.1 Å². The number of pyridine rings is 1. The molecule has 0 bridgehead atoms. The van der Waals surface area contributed by atoms with Crippen LogP contribution in [-0.2, 0) is 9.59 Å². The summed E-state index contributed by atoms with van der Waals surface area (Å²) < 4.78 is 5.32. The van der Waals surface area contributed by atoms with Crippen molar-refractivity contribution in [3.05, 3.63) is 92.7 Å². The van der Waals surface area contributed by atoms with Crippen molar-refractivity contribution in [2.75, 3.05) is 12.0 Å². The molecule has 0 radical (unpaired) electrons. The van der Waals surface area contributed by atoms with Crippen molar-refractivity contribution in [2.24, 2.45) is 0 Å². The highest BCUT2D eigenvalue weighted by Gasteiger charge is 2.47. The van der Waals surface area contributed by atoms with E-state index in [1.165, 1.54) is 30.3 Å².